The van der Waals surface area contributed by atoms with E-state index in [9.17, 15) is 9.18 Å². The van der Waals surface area contributed by atoms with Crippen LogP contribution in [0, 0.1) is 5.82 Å². The Balaban J connectivity index is 2.57. The third-order valence-electron chi connectivity index (χ3n) is 1.72. The van der Waals surface area contributed by atoms with Crippen molar-refractivity contribution in [2.24, 2.45) is 0 Å². The highest BCUT2D eigenvalue weighted by atomic mass is 19.1. The molecule has 0 heterocycles. The summed E-state index contributed by atoms with van der Waals surface area (Å²) in [5, 5.41) is 2.49. The smallest absolute Gasteiger partial charge is 0.250 e. The van der Waals surface area contributed by atoms with Gasteiger partial charge in [-0.3, -0.25) is 4.79 Å². The van der Waals surface area contributed by atoms with E-state index in [1.165, 1.54) is 18.2 Å². The van der Waals surface area contributed by atoms with Gasteiger partial charge in [-0.25, -0.2) is 4.39 Å². The number of ether oxygens (including phenoxy) is 1. The van der Waals surface area contributed by atoms with Gasteiger partial charge in [0.25, 0.3) is 0 Å². The summed E-state index contributed by atoms with van der Waals surface area (Å²) in [5.41, 5.74) is 5.71. The van der Waals surface area contributed by atoms with Crippen LogP contribution in [0.3, 0.4) is 0 Å². The standard InChI is InChI=1S/C10H13FN2O2/c1-2-15-6-10(14)13-7-3-4-9(12)8(11)5-7/h3-5H,2,6,12H2,1H3,(H,13,14). The number of hydrogen-bond acceptors (Lipinski definition) is 3. The fourth-order valence-electron chi connectivity index (χ4n) is 0.997. The van der Waals surface area contributed by atoms with Gasteiger partial charge in [-0.2, -0.15) is 0 Å². The number of hydrogen-bond donors (Lipinski definition) is 2. The Labute approximate surface area is 87.2 Å². The minimum atomic E-state index is -0.552. The molecule has 0 radical (unpaired) electrons. The maximum absolute atomic E-state index is 13.0. The van der Waals surface area contributed by atoms with E-state index in [4.69, 9.17) is 10.5 Å². The van der Waals surface area contributed by atoms with Crippen LogP contribution in [0.15, 0.2) is 18.2 Å². The highest BCUT2D eigenvalue weighted by Gasteiger charge is 2.04. The number of anilines is 2. The molecule has 4 nitrogen and oxygen atoms in total. The zero-order chi connectivity index (χ0) is 11.3. The first kappa shape index (κ1) is 11.5. The normalized spacial score (nSPS) is 10.0. The van der Waals surface area contributed by atoms with Gasteiger partial charge in [0.05, 0.1) is 5.69 Å². The van der Waals surface area contributed by atoms with Gasteiger partial charge in [0, 0.05) is 12.3 Å². The molecule has 0 aromatic heterocycles. The Hall–Kier alpha value is -1.62. The molecule has 15 heavy (non-hydrogen) atoms. The molecule has 3 N–H and O–H groups in total. The molecule has 0 aliphatic carbocycles. The van der Waals surface area contributed by atoms with E-state index in [1.807, 2.05) is 0 Å². The summed E-state index contributed by atoms with van der Waals surface area (Å²) in [7, 11) is 0. The van der Waals surface area contributed by atoms with Crippen molar-refractivity contribution in [3.05, 3.63) is 24.0 Å². The van der Waals surface area contributed by atoms with Gasteiger partial charge in [-0.1, -0.05) is 0 Å². The quantitative estimate of drug-likeness (QED) is 0.741. The van der Waals surface area contributed by atoms with Gasteiger partial charge in [0.15, 0.2) is 0 Å². The Bertz CT molecular complexity index is 355. The van der Waals surface area contributed by atoms with E-state index >= 15 is 0 Å². The second kappa shape index (κ2) is 5.31. The second-order valence-corrected chi connectivity index (χ2v) is 2.92. The lowest BCUT2D eigenvalue weighted by molar-refractivity contribution is -0.120. The lowest BCUT2D eigenvalue weighted by atomic mass is 10.2. The number of carbonyl (C=O) groups excluding carboxylic acids is 1. The zero-order valence-corrected chi connectivity index (χ0v) is 8.42. The van der Waals surface area contributed by atoms with Crippen LogP contribution < -0.4 is 11.1 Å². The molecule has 1 amide bonds. The molecular formula is C10H13FN2O2. The highest BCUT2D eigenvalue weighted by Crippen LogP contribution is 2.15. The Kier molecular flexibility index (Phi) is 4.05. The van der Waals surface area contributed by atoms with Crippen molar-refractivity contribution in [1.29, 1.82) is 0 Å². The monoisotopic (exact) mass is 212 g/mol. The topological polar surface area (TPSA) is 64.3 Å². The molecule has 1 aromatic rings. The molecule has 0 saturated heterocycles. The van der Waals surface area contributed by atoms with E-state index < -0.39 is 5.82 Å². The predicted octanol–water partition coefficient (Wildman–Crippen LogP) is 1.38. The van der Waals surface area contributed by atoms with Crippen LogP contribution in [0.4, 0.5) is 15.8 Å². The van der Waals surface area contributed by atoms with Gasteiger partial charge in [-0.05, 0) is 25.1 Å². The number of rotatable bonds is 4. The van der Waals surface area contributed by atoms with Crippen molar-refractivity contribution in [2.45, 2.75) is 6.92 Å². The second-order valence-electron chi connectivity index (χ2n) is 2.92. The fourth-order valence-corrected chi connectivity index (χ4v) is 0.997. The van der Waals surface area contributed by atoms with Gasteiger partial charge >= 0.3 is 0 Å². The van der Waals surface area contributed by atoms with E-state index in [2.05, 4.69) is 5.32 Å². The van der Waals surface area contributed by atoms with Crippen molar-refractivity contribution in [3.63, 3.8) is 0 Å². The van der Waals surface area contributed by atoms with Crippen LogP contribution in [0.25, 0.3) is 0 Å². The third-order valence-corrected chi connectivity index (χ3v) is 1.72. The van der Waals surface area contributed by atoms with Crippen LogP contribution >= 0.6 is 0 Å². The van der Waals surface area contributed by atoms with E-state index in [0.717, 1.165) is 0 Å². The minimum absolute atomic E-state index is 0.0392. The van der Waals surface area contributed by atoms with E-state index in [0.29, 0.717) is 12.3 Å². The lowest BCUT2D eigenvalue weighted by Gasteiger charge is -2.05. The summed E-state index contributed by atoms with van der Waals surface area (Å²) >= 11 is 0. The summed E-state index contributed by atoms with van der Waals surface area (Å²) < 4.78 is 17.9. The molecule has 1 rings (SSSR count). The highest BCUT2D eigenvalue weighted by molar-refractivity contribution is 5.91. The maximum atomic E-state index is 13.0. The number of halogens is 1. The first-order valence-corrected chi connectivity index (χ1v) is 4.56. The molecule has 82 valence electrons. The number of nitrogen functional groups attached to an aromatic ring is 1. The van der Waals surface area contributed by atoms with Crippen molar-refractivity contribution in [2.75, 3.05) is 24.3 Å². The van der Waals surface area contributed by atoms with Crippen LogP contribution in [-0.2, 0) is 9.53 Å². The van der Waals surface area contributed by atoms with Gasteiger partial charge in [0.2, 0.25) is 5.91 Å². The summed E-state index contributed by atoms with van der Waals surface area (Å²) in [6.07, 6.45) is 0. The SMILES string of the molecule is CCOCC(=O)Nc1ccc(N)c(F)c1. The minimum Gasteiger partial charge on any atom is -0.396 e. The molecule has 0 aliphatic heterocycles. The van der Waals surface area contributed by atoms with E-state index in [-0.39, 0.29) is 18.2 Å². The number of nitrogens with two attached hydrogens (primary N) is 1. The van der Waals surface area contributed by atoms with Crippen LogP contribution in [0.5, 0.6) is 0 Å². The van der Waals surface area contributed by atoms with Crippen LogP contribution in [-0.4, -0.2) is 19.1 Å². The molecule has 0 unspecified atom stereocenters. The maximum Gasteiger partial charge on any atom is 0.250 e. The number of nitrogens with one attached hydrogen (secondary N) is 1. The molecule has 1 aromatic carbocycles. The molecule has 5 heteroatoms. The van der Waals surface area contributed by atoms with Crippen molar-refractivity contribution in [1.82, 2.24) is 0 Å². The zero-order valence-electron chi connectivity index (χ0n) is 8.42. The van der Waals surface area contributed by atoms with Crippen molar-refractivity contribution >= 4 is 17.3 Å². The summed E-state index contributed by atoms with van der Waals surface area (Å²) in [6.45, 7) is 2.21. The summed E-state index contributed by atoms with van der Waals surface area (Å²) in [5.74, 6) is -0.870. The Morgan fingerprint density at radius 3 is 2.93 bits per heavy atom. The summed E-state index contributed by atoms with van der Waals surface area (Å²) in [4.78, 5) is 11.2. The Morgan fingerprint density at radius 2 is 2.33 bits per heavy atom. The van der Waals surface area contributed by atoms with Crippen LogP contribution in [0.1, 0.15) is 6.92 Å². The van der Waals surface area contributed by atoms with Crippen LogP contribution in [0.2, 0.25) is 0 Å². The number of amides is 1. The molecule has 0 saturated carbocycles. The largest absolute Gasteiger partial charge is 0.396 e. The third kappa shape index (κ3) is 3.55. The molecule has 0 aliphatic rings. The molecule has 0 spiro atoms. The first-order chi connectivity index (χ1) is 7.13. The Morgan fingerprint density at radius 1 is 1.60 bits per heavy atom. The van der Waals surface area contributed by atoms with Gasteiger partial charge in [0.1, 0.15) is 12.4 Å². The molecular weight excluding hydrogens is 199 g/mol. The molecule has 0 bridgehead atoms. The van der Waals surface area contributed by atoms with Crippen molar-refractivity contribution in [3.8, 4) is 0 Å². The predicted molar refractivity (Wildman–Crippen MR) is 55.9 cm³/mol. The summed E-state index contributed by atoms with van der Waals surface area (Å²) in [6, 6.07) is 4.09. The molecule has 0 fully saturated rings. The number of benzene rings is 1. The molecule has 0 atom stereocenters. The lowest BCUT2D eigenvalue weighted by Crippen LogP contribution is -2.18. The fraction of sp³-hybridized carbons (Fsp3) is 0.300. The average molecular weight is 212 g/mol. The van der Waals surface area contributed by atoms with Gasteiger partial charge in [-0.15, -0.1) is 0 Å². The first-order valence-electron chi connectivity index (χ1n) is 4.56. The van der Waals surface area contributed by atoms with Gasteiger partial charge < -0.3 is 15.8 Å². The number of carbonyl (C=O) groups is 1. The van der Waals surface area contributed by atoms with Crippen molar-refractivity contribution < 1.29 is 13.9 Å². The average Bonchev–Trinajstić information content (AvgIpc) is 2.20. The van der Waals surface area contributed by atoms with E-state index in [1.54, 1.807) is 6.92 Å².